The number of rotatable bonds is 5. The number of aryl methyl sites for hydroxylation is 2. The standard InChI is InChI=1S/C21H26N2O/c1-23(2)20-11-8-16(9-12-20)15-22-21(24)14-17-7-10-18-5-3-4-6-19(18)13-17/h7-13H,3-6,14-15H2,1-2H3,(H,22,24). The number of nitrogens with zero attached hydrogens (tertiary/aromatic N) is 1. The summed E-state index contributed by atoms with van der Waals surface area (Å²) in [5.41, 5.74) is 6.31. The quantitative estimate of drug-likeness (QED) is 0.914. The fourth-order valence-electron chi connectivity index (χ4n) is 3.26. The second-order valence-electron chi connectivity index (χ2n) is 6.82. The highest BCUT2D eigenvalue weighted by atomic mass is 16.1. The molecule has 2 aromatic carbocycles. The van der Waals surface area contributed by atoms with Gasteiger partial charge in [0.05, 0.1) is 6.42 Å². The minimum absolute atomic E-state index is 0.0856. The SMILES string of the molecule is CN(C)c1ccc(CNC(=O)Cc2ccc3c(c2)CCCC3)cc1. The molecule has 0 saturated carbocycles. The van der Waals surface area contributed by atoms with Gasteiger partial charge in [-0.2, -0.15) is 0 Å². The van der Waals surface area contributed by atoms with Gasteiger partial charge in [0, 0.05) is 26.3 Å². The number of carbonyl (C=O) groups excluding carboxylic acids is 1. The number of anilines is 1. The summed E-state index contributed by atoms with van der Waals surface area (Å²) >= 11 is 0. The van der Waals surface area contributed by atoms with E-state index in [-0.39, 0.29) is 5.91 Å². The number of benzene rings is 2. The minimum Gasteiger partial charge on any atom is -0.378 e. The average Bonchev–Trinajstić information content (AvgIpc) is 2.60. The third kappa shape index (κ3) is 4.16. The molecular weight excluding hydrogens is 296 g/mol. The molecule has 0 fully saturated rings. The Balaban J connectivity index is 1.54. The third-order valence-electron chi connectivity index (χ3n) is 4.72. The van der Waals surface area contributed by atoms with E-state index in [1.165, 1.54) is 36.1 Å². The van der Waals surface area contributed by atoms with Gasteiger partial charge in [-0.1, -0.05) is 30.3 Å². The molecule has 3 rings (SSSR count). The molecule has 0 aliphatic heterocycles. The van der Waals surface area contributed by atoms with Gasteiger partial charge in [-0.05, 0) is 60.1 Å². The van der Waals surface area contributed by atoms with E-state index in [1.807, 2.05) is 14.1 Å². The number of fused-ring (bicyclic) bond motifs is 1. The Kier molecular flexibility index (Phi) is 5.19. The van der Waals surface area contributed by atoms with Gasteiger partial charge >= 0.3 is 0 Å². The zero-order valence-electron chi connectivity index (χ0n) is 14.6. The molecule has 0 heterocycles. The Morgan fingerprint density at radius 1 is 0.958 bits per heavy atom. The molecule has 1 aliphatic carbocycles. The summed E-state index contributed by atoms with van der Waals surface area (Å²) in [6, 6.07) is 14.8. The predicted molar refractivity (Wildman–Crippen MR) is 99.4 cm³/mol. The number of hydrogen-bond acceptors (Lipinski definition) is 2. The highest BCUT2D eigenvalue weighted by Gasteiger charge is 2.11. The molecule has 0 unspecified atom stereocenters. The summed E-state index contributed by atoms with van der Waals surface area (Å²) in [5, 5.41) is 3.02. The van der Waals surface area contributed by atoms with E-state index in [1.54, 1.807) is 0 Å². The van der Waals surface area contributed by atoms with Gasteiger partial charge in [-0.25, -0.2) is 0 Å². The summed E-state index contributed by atoms with van der Waals surface area (Å²) in [5.74, 6) is 0.0856. The van der Waals surface area contributed by atoms with E-state index in [9.17, 15) is 4.79 Å². The molecule has 126 valence electrons. The largest absolute Gasteiger partial charge is 0.378 e. The maximum Gasteiger partial charge on any atom is 0.224 e. The van der Waals surface area contributed by atoms with Crippen molar-refractivity contribution in [1.82, 2.24) is 5.32 Å². The van der Waals surface area contributed by atoms with Crippen LogP contribution in [0.3, 0.4) is 0 Å². The molecule has 1 aliphatic rings. The van der Waals surface area contributed by atoms with E-state index in [2.05, 4.69) is 52.7 Å². The molecule has 3 nitrogen and oxygen atoms in total. The smallest absolute Gasteiger partial charge is 0.224 e. The van der Waals surface area contributed by atoms with Crippen molar-refractivity contribution in [1.29, 1.82) is 0 Å². The predicted octanol–water partition coefficient (Wildman–Crippen LogP) is 3.49. The summed E-state index contributed by atoms with van der Waals surface area (Å²) < 4.78 is 0. The Morgan fingerprint density at radius 2 is 1.62 bits per heavy atom. The first kappa shape index (κ1) is 16.6. The van der Waals surface area contributed by atoms with E-state index in [0.717, 1.165) is 17.5 Å². The van der Waals surface area contributed by atoms with Gasteiger partial charge in [0.25, 0.3) is 0 Å². The molecule has 0 atom stereocenters. The Morgan fingerprint density at radius 3 is 2.33 bits per heavy atom. The van der Waals surface area contributed by atoms with Crippen LogP contribution in [0.4, 0.5) is 5.69 Å². The monoisotopic (exact) mass is 322 g/mol. The fourth-order valence-corrected chi connectivity index (χ4v) is 3.26. The van der Waals surface area contributed by atoms with Crippen molar-refractivity contribution < 1.29 is 4.79 Å². The minimum atomic E-state index is 0.0856. The molecular formula is C21H26N2O. The molecule has 0 saturated heterocycles. The Bertz CT molecular complexity index is 704. The summed E-state index contributed by atoms with van der Waals surface area (Å²) in [6.45, 7) is 0.581. The lowest BCUT2D eigenvalue weighted by Gasteiger charge is -2.16. The lowest BCUT2D eigenvalue weighted by atomic mass is 9.90. The highest BCUT2D eigenvalue weighted by Crippen LogP contribution is 2.22. The van der Waals surface area contributed by atoms with Crippen molar-refractivity contribution in [3.63, 3.8) is 0 Å². The van der Waals surface area contributed by atoms with Crippen LogP contribution in [0, 0.1) is 0 Å². The van der Waals surface area contributed by atoms with Crippen molar-refractivity contribution in [3.05, 3.63) is 64.7 Å². The highest BCUT2D eigenvalue weighted by molar-refractivity contribution is 5.78. The second kappa shape index (κ2) is 7.52. The topological polar surface area (TPSA) is 32.3 Å². The molecule has 24 heavy (non-hydrogen) atoms. The van der Waals surface area contributed by atoms with Crippen LogP contribution in [-0.2, 0) is 30.6 Å². The van der Waals surface area contributed by atoms with Crippen molar-refractivity contribution >= 4 is 11.6 Å². The lowest BCUT2D eigenvalue weighted by molar-refractivity contribution is -0.120. The molecule has 1 amide bonds. The molecule has 2 aromatic rings. The van der Waals surface area contributed by atoms with Crippen LogP contribution in [0.25, 0.3) is 0 Å². The van der Waals surface area contributed by atoms with Crippen molar-refractivity contribution in [2.24, 2.45) is 0 Å². The average molecular weight is 322 g/mol. The van der Waals surface area contributed by atoms with E-state index < -0.39 is 0 Å². The maximum absolute atomic E-state index is 12.2. The molecule has 0 radical (unpaired) electrons. The number of amides is 1. The van der Waals surface area contributed by atoms with Crippen molar-refractivity contribution in [2.45, 2.75) is 38.6 Å². The van der Waals surface area contributed by atoms with Gasteiger partial charge in [-0.15, -0.1) is 0 Å². The molecule has 0 aromatic heterocycles. The van der Waals surface area contributed by atoms with E-state index in [0.29, 0.717) is 13.0 Å². The maximum atomic E-state index is 12.2. The zero-order chi connectivity index (χ0) is 16.9. The van der Waals surface area contributed by atoms with Gasteiger partial charge in [0.15, 0.2) is 0 Å². The fraction of sp³-hybridized carbons (Fsp3) is 0.381. The van der Waals surface area contributed by atoms with Gasteiger partial charge in [0.1, 0.15) is 0 Å². The van der Waals surface area contributed by atoms with E-state index in [4.69, 9.17) is 0 Å². The van der Waals surface area contributed by atoms with E-state index >= 15 is 0 Å². The lowest BCUT2D eigenvalue weighted by Crippen LogP contribution is -2.24. The van der Waals surface area contributed by atoms with Crippen LogP contribution in [0.2, 0.25) is 0 Å². The van der Waals surface area contributed by atoms with Crippen LogP contribution < -0.4 is 10.2 Å². The Labute approximate surface area is 144 Å². The van der Waals surface area contributed by atoms with Crippen LogP contribution in [0.5, 0.6) is 0 Å². The third-order valence-corrected chi connectivity index (χ3v) is 4.72. The van der Waals surface area contributed by atoms with Crippen LogP contribution in [0.1, 0.15) is 35.1 Å². The summed E-state index contributed by atoms with van der Waals surface area (Å²) in [4.78, 5) is 14.3. The summed E-state index contributed by atoms with van der Waals surface area (Å²) in [7, 11) is 4.05. The normalized spacial score (nSPS) is 13.2. The van der Waals surface area contributed by atoms with Gasteiger partial charge in [0.2, 0.25) is 5.91 Å². The first-order valence-electron chi connectivity index (χ1n) is 8.75. The molecule has 0 bridgehead atoms. The Hall–Kier alpha value is -2.29. The van der Waals surface area contributed by atoms with Crippen LogP contribution in [0.15, 0.2) is 42.5 Å². The first-order chi connectivity index (χ1) is 11.6. The number of nitrogens with one attached hydrogen (secondary N) is 1. The molecule has 1 N–H and O–H groups in total. The molecule has 3 heteroatoms. The van der Waals surface area contributed by atoms with Gasteiger partial charge in [-0.3, -0.25) is 4.79 Å². The summed E-state index contributed by atoms with van der Waals surface area (Å²) in [6.07, 6.45) is 5.36. The van der Waals surface area contributed by atoms with Crippen molar-refractivity contribution in [3.8, 4) is 0 Å². The zero-order valence-corrected chi connectivity index (χ0v) is 14.6. The van der Waals surface area contributed by atoms with Crippen LogP contribution >= 0.6 is 0 Å². The number of carbonyl (C=O) groups is 1. The first-order valence-corrected chi connectivity index (χ1v) is 8.75. The van der Waals surface area contributed by atoms with Crippen LogP contribution in [-0.4, -0.2) is 20.0 Å². The van der Waals surface area contributed by atoms with Crippen molar-refractivity contribution in [2.75, 3.05) is 19.0 Å². The molecule has 0 spiro atoms. The second-order valence-corrected chi connectivity index (χ2v) is 6.82. The number of hydrogen-bond donors (Lipinski definition) is 1. The van der Waals surface area contributed by atoms with Gasteiger partial charge < -0.3 is 10.2 Å².